The predicted molar refractivity (Wildman–Crippen MR) is 56.4 cm³/mol. The van der Waals surface area contributed by atoms with Crippen molar-refractivity contribution in [1.82, 2.24) is 0 Å². The zero-order valence-corrected chi connectivity index (χ0v) is 9.22. The van der Waals surface area contributed by atoms with Crippen LogP contribution in [0.2, 0.25) is 0 Å². The molecule has 0 spiro atoms. The highest BCUT2D eigenvalue weighted by Crippen LogP contribution is 2.35. The molecule has 1 rings (SSSR count). The number of hydrogen-bond donors (Lipinski definition) is 1. The minimum Gasteiger partial charge on any atom is -0.388 e. The van der Waals surface area contributed by atoms with E-state index in [0.717, 1.165) is 6.07 Å². The second-order valence-corrected chi connectivity index (χ2v) is 3.81. The van der Waals surface area contributed by atoms with E-state index in [1.807, 2.05) is 0 Å². The van der Waals surface area contributed by atoms with Crippen LogP contribution >= 0.6 is 11.6 Å². The first kappa shape index (κ1) is 13.3. The highest BCUT2D eigenvalue weighted by molar-refractivity contribution is 6.17. The Morgan fingerprint density at radius 2 is 1.88 bits per heavy atom. The van der Waals surface area contributed by atoms with Crippen LogP contribution in [-0.4, -0.2) is 11.0 Å². The van der Waals surface area contributed by atoms with E-state index >= 15 is 0 Å². The lowest BCUT2D eigenvalue weighted by Crippen LogP contribution is -2.12. The van der Waals surface area contributed by atoms with Crippen LogP contribution in [0.3, 0.4) is 0 Å². The third-order valence-electron chi connectivity index (χ3n) is 2.24. The molecule has 1 unspecified atom stereocenters. The molecule has 0 aliphatic carbocycles. The fraction of sp³-hybridized carbons (Fsp3) is 0.455. The van der Waals surface area contributed by atoms with Gasteiger partial charge in [0, 0.05) is 5.88 Å². The Hall–Kier alpha value is -0.740. The molecule has 0 aliphatic rings. The Labute approximate surface area is 96.9 Å². The molecule has 0 heterocycles. The summed E-state index contributed by atoms with van der Waals surface area (Å²) in [5.74, 6) is 0.325. The molecule has 0 amide bonds. The zero-order chi connectivity index (χ0) is 12.2. The van der Waals surface area contributed by atoms with Gasteiger partial charge < -0.3 is 5.11 Å². The maximum atomic E-state index is 12.6. The van der Waals surface area contributed by atoms with Gasteiger partial charge in [0.25, 0.3) is 0 Å². The Bertz CT molecular complexity index is 338. The number of halogens is 4. The molecular weight excluding hydrogens is 241 g/mol. The molecule has 0 aromatic heterocycles. The van der Waals surface area contributed by atoms with Crippen molar-refractivity contribution in [2.75, 3.05) is 5.88 Å². The highest BCUT2D eigenvalue weighted by atomic mass is 35.5. The van der Waals surface area contributed by atoms with Crippen LogP contribution in [0.25, 0.3) is 0 Å². The van der Waals surface area contributed by atoms with Crippen molar-refractivity contribution in [1.29, 1.82) is 0 Å². The van der Waals surface area contributed by atoms with Gasteiger partial charge in [-0.2, -0.15) is 13.2 Å². The summed E-state index contributed by atoms with van der Waals surface area (Å²) >= 11 is 5.43. The topological polar surface area (TPSA) is 20.2 Å². The number of benzene rings is 1. The SMILES string of the molecule is OC(CCCCl)c1ccccc1C(F)(F)F. The summed E-state index contributed by atoms with van der Waals surface area (Å²) in [6.45, 7) is 0. The molecule has 0 fully saturated rings. The van der Waals surface area contributed by atoms with Gasteiger partial charge in [0.2, 0.25) is 0 Å². The van der Waals surface area contributed by atoms with Crippen LogP contribution in [0, 0.1) is 0 Å². The summed E-state index contributed by atoms with van der Waals surface area (Å²) in [6, 6.07) is 5.05. The maximum absolute atomic E-state index is 12.6. The van der Waals surface area contributed by atoms with Crippen molar-refractivity contribution in [3.05, 3.63) is 35.4 Å². The first-order valence-electron chi connectivity index (χ1n) is 4.87. The van der Waals surface area contributed by atoms with Gasteiger partial charge in [0.05, 0.1) is 11.7 Å². The van der Waals surface area contributed by atoms with Gasteiger partial charge in [0.1, 0.15) is 0 Å². The van der Waals surface area contributed by atoms with E-state index in [4.69, 9.17) is 11.6 Å². The molecule has 0 saturated heterocycles. The van der Waals surface area contributed by atoms with Gasteiger partial charge in [-0.15, -0.1) is 11.6 Å². The third-order valence-corrected chi connectivity index (χ3v) is 2.50. The molecule has 1 aromatic carbocycles. The van der Waals surface area contributed by atoms with Crippen LogP contribution in [0.1, 0.15) is 30.1 Å². The van der Waals surface area contributed by atoms with Gasteiger partial charge in [-0.3, -0.25) is 0 Å². The number of aliphatic hydroxyl groups excluding tert-OH is 1. The lowest BCUT2D eigenvalue weighted by atomic mass is 9.99. The minimum atomic E-state index is -4.43. The summed E-state index contributed by atoms with van der Waals surface area (Å²) in [4.78, 5) is 0. The Morgan fingerprint density at radius 3 is 2.44 bits per heavy atom. The monoisotopic (exact) mass is 252 g/mol. The third kappa shape index (κ3) is 3.39. The average molecular weight is 253 g/mol. The molecular formula is C11H12ClF3O. The number of aliphatic hydroxyl groups is 1. The summed E-state index contributed by atoms with van der Waals surface area (Å²) < 4.78 is 37.8. The number of hydrogen-bond acceptors (Lipinski definition) is 1. The standard InChI is InChI=1S/C11H12ClF3O/c12-7-3-6-10(16)8-4-1-2-5-9(8)11(13,14)15/h1-2,4-5,10,16H,3,6-7H2. The Balaban J connectivity index is 2.94. The van der Waals surface area contributed by atoms with Gasteiger partial charge in [-0.1, -0.05) is 18.2 Å². The molecule has 1 atom stereocenters. The molecule has 1 N–H and O–H groups in total. The Kier molecular flexibility index (Phi) is 4.62. The molecule has 0 aliphatic heterocycles. The van der Waals surface area contributed by atoms with E-state index in [-0.39, 0.29) is 12.0 Å². The van der Waals surface area contributed by atoms with E-state index in [0.29, 0.717) is 12.3 Å². The van der Waals surface area contributed by atoms with Crippen molar-refractivity contribution in [2.45, 2.75) is 25.1 Å². The van der Waals surface area contributed by atoms with Crippen molar-refractivity contribution in [2.24, 2.45) is 0 Å². The van der Waals surface area contributed by atoms with Crippen LogP contribution in [0.5, 0.6) is 0 Å². The van der Waals surface area contributed by atoms with Gasteiger partial charge >= 0.3 is 6.18 Å². The molecule has 0 radical (unpaired) electrons. The van der Waals surface area contributed by atoms with E-state index in [1.165, 1.54) is 18.2 Å². The van der Waals surface area contributed by atoms with Crippen LogP contribution < -0.4 is 0 Å². The van der Waals surface area contributed by atoms with Gasteiger partial charge in [-0.05, 0) is 24.5 Å². The average Bonchev–Trinajstić information content (AvgIpc) is 2.24. The summed E-state index contributed by atoms with van der Waals surface area (Å²) in [5, 5.41) is 9.64. The Morgan fingerprint density at radius 1 is 1.25 bits per heavy atom. The first-order valence-corrected chi connectivity index (χ1v) is 5.40. The van der Waals surface area contributed by atoms with Crippen LogP contribution in [0.15, 0.2) is 24.3 Å². The van der Waals surface area contributed by atoms with Crippen molar-refractivity contribution >= 4 is 11.6 Å². The molecule has 16 heavy (non-hydrogen) atoms. The molecule has 90 valence electrons. The second-order valence-electron chi connectivity index (χ2n) is 3.43. The van der Waals surface area contributed by atoms with Crippen LogP contribution in [-0.2, 0) is 6.18 Å². The largest absolute Gasteiger partial charge is 0.416 e. The highest BCUT2D eigenvalue weighted by Gasteiger charge is 2.34. The van der Waals surface area contributed by atoms with Crippen molar-refractivity contribution in [3.63, 3.8) is 0 Å². The lowest BCUT2D eigenvalue weighted by molar-refractivity contribution is -0.139. The van der Waals surface area contributed by atoms with Crippen molar-refractivity contribution < 1.29 is 18.3 Å². The van der Waals surface area contributed by atoms with E-state index in [2.05, 4.69) is 0 Å². The van der Waals surface area contributed by atoms with Gasteiger partial charge in [0.15, 0.2) is 0 Å². The lowest BCUT2D eigenvalue weighted by Gasteiger charge is -2.16. The number of rotatable bonds is 4. The predicted octanol–water partition coefficient (Wildman–Crippen LogP) is 3.76. The van der Waals surface area contributed by atoms with Gasteiger partial charge in [-0.25, -0.2) is 0 Å². The molecule has 5 heteroatoms. The molecule has 0 bridgehead atoms. The van der Waals surface area contributed by atoms with Crippen molar-refractivity contribution in [3.8, 4) is 0 Å². The zero-order valence-electron chi connectivity index (χ0n) is 8.47. The first-order chi connectivity index (χ1) is 7.46. The fourth-order valence-electron chi connectivity index (χ4n) is 1.47. The van der Waals surface area contributed by atoms with E-state index in [9.17, 15) is 18.3 Å². The molecule has 1 nitrogen and oxygen atoms in total. The smallest absolute Gasteiger partial charge is 0.388 e. The second kappa shape index (κ2) is 5.55. The normalized spacial score (nSPS) is 13.8. The quantitative estimate of drug-likeness (QED) is 0.809. The number of alkyl halides is 4. The molecule has 0 saturated carbocycles. The summed E-state index contributed by atoms with van der Waals surface area (Å²) in [7, 11) is 0. The van der Waals surface area contributed by atoms with Crippen LogP contribution in [0.4, 0.5) is 13.2 Å². The summed E-state index contributed by atoms with van der Waals surface area (Å²) in [5.41, 5.74) is -0.864. The minimum absolute atomic E-state index is 0.0832. The fourth-order valence-corrected chi connectivity index (χ4v) is 1.63. The van der Waals surface area contributed by atoms with E-state index < -0.39 is 17.8 Å². The van der Waals surface area contributed by atoms with E-state index in [1.54, 1.807) is 0 Å². The maximum Gasteiger partial charge on any atom is 0.416 e. The summed E-state index contributed by atoms with van der Waals surface area (Å²) in [6.07, 6.45) is -4.83. The molecule has 1 aromatic rings.